The van der Waals surface area contributed by atoms with Gasteiger partial charge in [0.25, 0.3) is 5.91 Å². The number of thiazole rings is 1. The molecule has 0 atom stereocenters. The molecule has 0 aliphatic carbocycles. The highest BCUT2D eigenvalue weighted by molar-refractivity contribution is 7.12. The van der Waals surface area contributed by atoms with E-state index in [0.717, 1.165) is 11.3 Å². The zero-order chi connectivity index (χ0) is 19.8. The minimum Gasteiger partial charge on any atom is -0.444 e. The van der Waals surface area contributed by atoms with Gasteiger partial charge in [-0.05, 0) is 32.9 Å². The number of ether oxygens (including phenoxy) is 3. The molecule has 0 radical (unpaired) electrons. The largest absolute Gasteiger partial charge is 0.586 e. The summed E-state index contributed by atoms with van der Waals surface area (Å²) in [5.74, 6) is -0.898. The van der Waals surface area contributed by atoms with Crippen molar-refractivity contribution < 1.29 is 32.6 Å². The fraction of sp³-hybridized carbons (Fsp3) is 0.312. The summed E-state index contributed by atoms with van der Waals surface area (Å²) in [4.78, 5) is 28.3. The number of hydrogen-bond acceptors (Lipinski definition) is 7. The lowest BCUT2D eigenvalue weighted by Crippen LogP contribution is -2.28. The van der Waals surface area contributed by atoms with E-state index in [2.05, 4.69) is 25.1 Å². The van der Waals surface area contributed by atoms with Crippen molar-refractivity contribution in [3.63, 3.8) is 0 Å². The Morgan fingerprint density at radius 2 is 1.89 bits per heavy atom. The molecule has 1 aromatic heterocycles. The van der Waals surface area contributed by atoms with E-state index < -0.39 is 23.9 Å². The van der Waals surface area contributed by atoms with Gasteiger partial charge in [0, 0.05) is 11.8 Å². The SMILES string of the molecule is CC(C)(C)OC(=O)Nc1ncsc1C(=O)Nc1ccc2c(c1)OC(F)(F)O2. The molecule has 0 bridgehead atoms. The molecule has 144 valence electrons. The number of nitrogens with one attached hydrogen (secondary N) is 2. The average molecular weight is 399 g/mol. The zero-order valence-electron chi connectivity index (χ0n) is 14.5. The van der Waals surface area contributed by atoms with Gasteiger partial charge in [0.1, 0.15) is 10.5 Å². The molecular weight excluding hydrogens is 384 g/mol. The summed E-state index contributed by atoms with van der Waals surface area (Å²) in [6.07, 6.45) is -4.50. The molecule has 2 aromatic rings. The molecule has 2 amide bonds. The summed E-state index contributed by atoms with van der Waals surface area (Å²) in [7, 11) is 0. The third-order valence-electron chi connectivity index (χ3n) is 3.05. The molecule has 2 heterocycles. The van der Waals surface area contributed by atoms with Crippen molar-refractivity contribution in [2.24, 2.45) is 0 Å². The van der Waals surface area contributed by atoms with Gasteiger partial charge < -0.3 is 19.5 Å². The van der Waals surface area contributed by atoms with Crippen molar-refractivity contribution >= 4 is 34.8 Å². The van der Waals surface area contributed by atoms with Gasteiger partial charge in [-0.3, -0.25) is 10.1 Å². The van der Waals surface area contributed by atoms with Crippen molar-refractivity contribution in [1.29, 1.82) is 0 Å². The van der Waals surface area contributed by atoms with Gasteiger partial charge in [-0.15, -0.1) is 20.1 Å². The van der Waals surface area contributed by atoms with E-state index >= 15 is 0 Å². The molecule has 1 aliphatic rings. The number of carbonyl (C=O) groups excluding carboxylic acids is 2. The Bertz CT molecular complexity index is 894. The first kappa shape index (κ1) is 18.8. The Morgan fingerprint density at radius 1 is 1.19 bits per heavy atom. The van der Waals surface area contributed by atoms with Crippen molar-refractivity contribution in [1.82, 2.24) is 4.98 Å². The molecule has 11 heteroatoms. The van der Waals surface area contributed by atoms with Gasteiger partial charge in [0.2, 0.25) is 0 Å². The summed E-state index contributed by atoms with van der Waals surface area (Å²) in [6.45, 7) is 5.10. The highest BCUT2D eigenvalue weighted by Gasteiger charge is 2.43. The van der Waals surface area contributed by atoms with Crippen LogP contribution in [0.15, 0.2) is 23.7 Å². The number of aromatic nitrogens is 1. The number of benzene rings is 1. The van der Waals surface area contributed by atoms with Crippen LogP contribution in [0, 0.1) is 0 Å². The van der Waals surface area contributed by atoms with E-state index in [0.29, 0.717) is 0 Å². The van der Waals surface area contributed by atoms with Gasteiger partial charge in [0.05, 0.1) is 5.51 Å². The minimum absolute atomic E-state index is 0.0269. The predicted octanol–water partition coefficient (Wildman–Crippen LogP) is 4.06. The number of amides is 2. The molecule has 0 spiro atoms. The van der Waals surface area contributed by atoms with Gasteiger partial charge in [-0.1, -0.05) is 0 Å². The van der Waals surface area contributed by atoms with Crippen LogP contribution in [0.25, 0.3) is 0 Å². The second-order valence-corrected chi connectivity index (χ2v) is 7.29. The average Bonchev–Trinajstić information content (AvgIpc) is 3.07. The number of alkyl halides is 2. The molecule has 27 heavy (non-hydrogen) atoms. The predicted molar refractivity (Wildman–Crippen MR) is 92.6 cm³/mol. The molecule has 0 fully saturated rings. The maximum Gasteiger partial charge on any atom is 0.586 e. The third kappa shape index (κ3) is 4.61. The quantitative estimate of drug-likeness (QED) is 0.808. The topological polar surface area (TPSA) is 98.8 Å². The van der Waals surface area contributed by atoms with E-state index in [9.17, 15) is 18.4 Å². The van der Waals surface area contributed by atoms with E-state index in [1.165, 1.54) is 23.7 Å². The van der Waals surface area contributed by atoms with Crippen LogP contribution in [0.4, 0.5) is 25.1 Å². The third-order valence-corrected chi connectivity index (χ3v) is 3.88. The van der Waals surface area contributed by atoms with Crippen LogP contribution >= 0.6 is 11.3 Å². The van der Waals surface area contributed by atoms with E-state index in [4.69, 9.17) is 4.74 Å². The number of nitrogens with zero attached hydrogens (tertiary/aromatic N) is 1. The van der Waals surface area contributed by atoms with E-state index in [-0.39, 0.29) is 27.9 Å². The molecular formula is C16H15F2N3O5S. The number of anilines is 2. The molecule has 1 aromatic carbocycles. The Kier molecular flexibility index (Phi) is 4.64. The number of carbonyl (C=O) groups is 2. The first-order valence-corrected chi connectivity index (χ1v) is 8.55. The maximum atomic E-state index is 13.1. The lowest BCUT2D eigenvalue weighted by Gasteiger charge is -2.19. The van der Waals surface area contributed by atoms with Gasteiger partial charge in [-0.2, -0.15) is 0 Å². The fourth-order valence-corrected chi connectivity index (χ4v) is 2.75. The number of hydrogen-bond donors (Lipinski definition) is 2. The van der Waals surface area contributed by atoms with Crippen LogP contribution in [0.2, 0.25) is 0 Å². The summed E-state index contributed by atoms with van der Waals surface area (Å²) >= 11 is 0.993. The van der Waals surface area contributed by atoms with Crippen molar-refractivity contribution in [2.75, 3.05) is 10.6 Å². The molecule has 3 rings (SSSR count). The first-order chi connectivity index (χ1) is 12.5. The zero-order valence-corrected chi connectivity index (χ0v) is 15.3. The van der Waals surface area contributed by atoms with E-state index in [1.54, 1.807) is 20.8 Å². The Balaban J connectivity index is 1.70. The molecule has 8 nitrogen and oxygen atoms in total. The van der Waals surface area contributed by atoms with Crippen LogP contribution in [0.5, 0.6) is 11.5 Å². The second-order valence-electron chi connectivity index (χ2n) is 6.44. The van der Waals surface area contributed by atoms with Gasteiger partial charge >= 0.3 is 12.4 Å². The Hall–Kier alpha value is -2.95. The number of rotatable bonds is 3. The molecule has 0 saturated carbocycles. The fourth-order valence-electron chi connectivity index (χ4n) is 2.11. The summed E-state index contributed by atoms with van der Waals surface area (Å²) in [5, 5.41) is 4.92. The summed E-state index contributed by atoms with van der Waals surface area (Å²) in [6, 6.07) is 3.83. The normalized spacial score (nSPS) is 14.6. The van der Waals surface area contributed by atoms with Crippen molar-refractivity contribution in [3.05, 3.63) is 28.6 Å². The highest BCUT2D eigenvalue weighted by atomic mass is 32.1. The van der Waals surface area contributed by atoms with Crippen LogP contribution in [-0.4, -0.2) is 28.9 Å². The Morgan fingerprint density at radius 3 is 2.59 bits per heavy atom. The van der Waals surface area contributed by atoms with E-state index in [1.807, 2.05) is 0 Å². The van der Waals surface area contributed by atoms with Crippen LogP contribution in [0.3, 0.4) is 0 Å². The maximum absolute atomic E-state index is 13.1. The molecule has 0 saturated heterocycles. The second kappa shape index (κ2) is 6.65. The van der Waals surface area contributed by atoms with Crippen molar-refractivity contribution in [3.8, 4) is 11.5 Å². The van der Waals surface area contributed by atoms with Gasteiger partial charge in [0.15, 0.2) is 17.3 Å². The monoisotopic (exact) mass is 399 g/mol. The van der Waals surface area contributed by atoms with Gasteiger partial charge in [-0.25, -0.2) is 9.78 Å². The summed E-state index contributed by atoms with van der Waals surface area (Å²) in [5.41, 5.74) is 0.871. The lowest BCUT2D eigenvalue weighted by molar-refractivity contribution is -0.286. The first-order valence-electron chi connectivity index (χ1n) is 7.67. The summed E-state index contributed by atoms with van der Waals surface area (Å²) < 4.78 is 39.9. The highest BCUT2D eigenvalue weighted by Crippen LogP contribution is 2.42. The molecule has 0 unspecified atom stereocenters. The van der Waals surface area contributed by atoms with Crippen LogP contribution < -0.4 is 20.1 Å². The standard InChI is InChI=1S/C16H15F2N3O5S/c1-15(2,3)26-14(23)21-12-11(27-7-19-12)13(22)20-8-4-5-9-10(6-8)25-16(17,18)24-9/h4-7H,1-3H3,(H,20,22)(H,21,23). The number of halogens is 2. The molecule has 1 aliphatic heterocycles. The number of fused-ring (bicyclic) bond motifs is 1. The van der Waals surface area contributed by atoms with Crippen molar-refractivity contribution in [2.45, 2.75) is 32.7 Å². The molecule has 2 N–H and O–H groups in total. The van der Waals surface area contributed by atoms with Crippen LogP contribution in [0.1, 0.15) is 30.4 Å². The minimum atomic E-state index is -3.74. The Labute approximate surface area is 156 Å². The smallest absolute Gasteiger partial charge is 0.444 e. The lowest BCUT2D eigenvalue weighted by atomic mass is 10.2. The van der Waals surface area contributed by atoms with Crippen LogP contribution in [-0.2, 0) is 4.74 Å².